The van der Waals surface area contributed by atoms with Gasteiger partial charge in [-0.05, 0) is 30.3 Å². The minimum Gasteiger partial charge on any atom is -0.307 e. The summed E-state index contributed by atoms with van der Waals surface area (Å²) in [6.07, 6.45) is 5.85. The number of quaternary nitrogens is 1. The number of benzene rings is 2. The molecule has 174 valence electrons. The van der Waals surface area contributed by atoms with Crippen LogP contribution in [0.2, 0.25) is 5.02 Å². The Morgan fingerprint density at radius 3 is 2.44 bits per heavy atom. The number of aliphatic imine (C=N–C) groups is 1. The van der Waals surface area contributed by atoms with Crippen molar-refractivity contribution < 1.29 is 18.1 Å². The highest BCUT2D eigenvalue weighted by Crippen LogP contribution is 2.31. The van der Waals surface area contributed by atoms with Crippen molar-refractivity contribution in [3.63, 3.8) is 0 Å². The molecule has 0 fully saturated rings. The normalized spacial score (nSPS) is 13.6. The molecule has 0 bridgehead atoms. The number of halogens is 3. The summed E-state index contributed by atoms with van der Waals surface area (Å²) in [5.41, 5.74) is -0.0326. The second-order valence-electron chi connectivity index (χ2n) is 7.82. The fourth-order valence-corrected chi connectivity index (χ4v) is 3.39. The molecule has 1 amide bonds. The van der Waals surface area contributed by atoms with Crippen LogP contribution in [-0.4, -0.2) is 28.4 Å². The highest BCUT2D eigenvalue weighted by atomic mass is 35.5. The lowest BCUT2D eigenvalue weighted by Gasteiger charge is -2.28. The zero-order valence-electron chi connectivity index (χ0n) is 18.5. The van der Waals surface area contributed by atoms with E-state index in [0.29, 0.717) is 5.02 Å². The van der Waals surface area contributed by atoms with Gasteiger partial charge < -0.3 is 4.98 Å². The van der Waals surface area contributed by atoms with Gasteiger partial charge in [-0.2, -0.15) is 9.48 Å². The Morgan fingerprint density at radius 2 is 1.82 bits per heavy atom. The molecule has 1 atom stereocenters. The first-order valence-corrected chi connectivity index (χ1v) is 10.5. The minimum absolute atomic E-state index is 0.0430. The second-order valence-corrected chi connectivity index (χ2v) is 8.26. The van der Waals surface area contributed by atoms with Crippen molar-refractivity contribution in [3.8, 4) is 12.5 Å². The highest BCUT2D eigenvalue weighted by molar-refractivity contribution is 6.30. The molecule has 1 aromatic heterocycles. The molecule has 34 heavy (non-hydrogen) atoms. The number of aromatic amines is 1. The Hall–Kier alpha value is -3.80. The van der Waals surface area contributed by atoms with E-state index in [1.807, 2.05) is 0 Å². The average Bonchev–Trinajstić information content (AvgIpc) is 2.78. The van der Waals surface area contributed by atoms with Crippen LogP contribution < -0.4 is 10.9 Å². The van der Waals surface area contributed by atoms with Gasteiger partial charge in [-0.3, -0.25) is 14.9 Å². The predicted molar refractivity (Wildman–Crippen MR) is 128 cm³/mol. The van der Waals surface area contributed by atoms with Crippen molar-refractivity contribution in [1.82, 2.24) is 10.3 Å². The van der Waals surface area contributed by atoms with Crippen LogP contribution in [0.1, 0.15) is 28.4 Å². The molecule has 1 heterocycles. The molecule has 1 unspecified atom stereocenters. The fourth-order valence-electron chi connectivity index (χ4n) is 3.26. The first-order valence-electron chi connectivity index (χ1n) is 10.2. The monoisotopic (exact) mass is 483 g/mol. The summed E-state index contributed by atoms with van der Waals surface area (Å²) in [7, 11) is 1.55. The van der Waals surface area contributed by atoms with Gasteiger partial charge in [-0.1, -0.05) is 48.4 Å². The number of pyridine rings is 1. The van der Waals surface area contributed by atoms with Crippen molar-refractivity contribution in [2.24, 2.45) is 4.99 Å². The van der Waals surface area contributed by atoms with Crippen molar-refractivity contribution in [2.75, 3.05) is 7.05 Å². The Bertz CT molecular complexity index is 1320. The van der Waals surface area contributed by atoms with Crippen LogP contribution in [0.5, 0.6) is 0 Å². The molecule has 0 saturated heterocycles. The summed E-state index contributed by atoms with van der Waals surface area (Å²) in [5.74, 6) is -3.56. The van der Waals surface area contributed by atoms with Gasteiger partial charge >= 0.3 is 5.96 Å². The van der Waals surface area contributed by atoms with Crippen LogP contribution in [0, 0.1) is 12.5 Å². The van der Waals surface area contributed by atoms with Gasteiger partial charge in [0.2, 0.25) is 5.56 Å². The Balaban J connectivity index is 2.08. The van der Waals surface area contributed by atoms with Gasteiger partial charge in [-0.25, -0.2) is 8.78 Å². The second kappa shape index (κ2) is 10.00. The highest BCUT2D eigenvalue weighted by Gasteiger charge is 2.35. The third kappa shape index (κ3) is 5.95. The van der Waals surface area contributed by atoms with E-state index in [1.54, 1.807) is 31.3 Å². The standard InChI is InChI=1S/C25H21ClF2N4O2/c1-4-32(3,16-18-8-5-6-9-20(18)25(2,27)28)24(30-21-10-7-11-22(33)29-21)31-23(34)17-12-14-19(26)15-13-17/h1,5-15H,16H2,2-3H3,(H-,29,30,31,33,34)/p+1. The van der Waals surface area contributed by atoms with Gasteiger partial charge in [-0.15, -0.1) is 0 Å². The lowest BCUT2D eigenvalue weighted by molar-refractivity contribution is -0.766. The average molecular weight is 484 g/mol. The predicted octanol–water partition coefficient (Wildman–Crippen LogP) is 4.80. The zero-order valence-corrected chi connectivity index (χ0v) is 19.2. The van der Waals surface area contributed by atoms with Crippen LogP contribution in [0.25, 0.3) is 0 Å². The molecule has 2 N–H and O–H groups in total. The maximum Gasteiger partial charge on any atom is 0.324 e. The van der Waals surface area contributed by atoms with Gasteiger partial charge in [0.05, 0.1) is 7.05 Å². The number of hydrogen-bond acceptors (Lipinski definition) is 3. The molecule has 3 aromatic rings. The van der Waals surface area contributed by atoms with Crippen LogP contribution in [0.15, 0.2) is 76.5 Å². The SMILES string of the molecule is C#C[N+](C)(Cc1ccccc1C(C)(F)F)C(=Nc1cccc(=O)[nH]1)NC(=O)c1ccc(Cl)cc1. The Morgan fingerprint density at radius 1 is 1.15 bits per heavy atom. The smallest absolute Gasteiger partial charge is 0.307 e. The number of carbonyl (C=O) groups is 1. The molecule has 9 heteroatoms. The first kappa shape index (κ1) is 24.8. The number of rotatable bonds is 5. The number of alkyl halides is 2. The summed E-state index contributed by atoms with van der Waals surface area (Å²) >= 11 is 5.90. The number of amides is 1. The number of terminal acetylenes is 1. The molecular weight excluding hydrogens is 462 g/mol. The molecule has 0 aliphatic carbocycles. The number of H-pyrrole nitrogens is 1. The van der Waals surface area contributed by atoms with Gasteiger partial charge in [0.15, 0.2) is 0 Å². The van der Waals surface area contributed by atoms with Crippen LogP contribution >= 0.6 is 11.6 Å². The lowest BCUT2D eigenvalue weighted by Crippen LogP contribution is -2.53. The van der Waals surface area contributed by atoms with Crippen LogP contribution in [0.3, 0.4) is 0 Å². The van der Waals surface area contributed by atoms with E-state index in [4.69, 9.17) is 18.0 Å². The van der Waals surface area contributed by atoms with Gasteiger partial charge in [0.1, 0.15) is 18.4 Å². The Kier molecular flexibility index (Phi) is 7.30. The van der Waals surface area contributed by atoms with E-state index in [2.05, 4.69) is 21.3 Å². The quantitative estimate of drug-likeness (QED) is 0.237. The number of nitrogens with zero attached hydrogens (tertiary/aromatic N) is 2. The Labute approximate surface area is 200 Å². The van der Waals surface area contributed by atoms with Gasteiger partial charge in [0.25, 0.3) is 11.8 Å². The number of nitrogens with one attached hydrogen (secondary N) is 2. The summed E-state index contributed by atoms with van der Waals surface area (Å²) < 4.78 is 28.0. The van der Waals surface area contributed by atoms with Crippen molar-refractivity contribution in [3.05, 3.63) is 98.8 Å². The molecular formula is C25H22ClF2N4O2+. The number of aromatic nitrogens is 1. The number of carbonyl (C=O) groups excluding carboxylic acids is 1. The van der Waals surface area contributed by atoms with Crippen LogP contribution in [0.4, 0.5) is 14.6 Å². The maximum absolute atomic E-state index is 14.2. The zero-order chi connectivity index (χ0) is 24.9. The molecule has 0 saturated carbocycles. The molecule has 0 spiro atoms. The van der Waals surface area contributed by atoms with Crippen LogP contribution in [-0.2, 0) is 12.5 Å². The topological polar surface area (TPSA) is 74.3 Å². The van der Waals surface area contributed by atoms with E-state index < -0.39 is 21.9 Å². The van der Waals surface area contributed by atoms with E-state index in [9.17, 15) is 18.4 Å². The van der Waals surface area contributed by atoms with E-state index in [0.717, 1.165) is 6.92 Å². The number of hydrogen-bond donors (Lipinski definition) is 2. The molecule has 6 nitrogen and oxygen atoms in total. The number of guanidine groups is 1. The van der Waals surface area contributed by atoms with E-state index >= 15 is 0 Å². The fraction of sp³-hybridized carbons (Fsp3) is 0.160. The molecule has 0 radical (unpaired) electrons. The molecule has 3 rings (SSSR count). The molecule has 0 aliphatic heterocycles. The van der Waals surface area contributed by atoms with Crippen molar-refractivity contribution in [1.29, 1.82) is 0 Å². The third-order valence-electron chi connectivity index (χ3n) is 5.04. The summed E-state index contributed by atoms with van der Waals surface area (Å²) in [4.78, 5) is 31.6. The summed E-state index contributed by atoms with van der Waals surface area (Å²) in [6.45, 7) is 0.699. The third-order valence-corrected chi connectivity index (χ3v) is 5.29. The first-order chi connectivity index (χ1) is 16.0. The van der Waals surface area contributed by atoms with Crippen molar-refractivity contribution >= 4 is 29.3 Å². The van der Waals surface area contributed by atoms with E-state index in [1.165, 1.54) is 42.5 Å². The summed E-state index contributed by atoms with van der Waals surface area (Å²) in [6, 6.07) is 19.0. The van der Waals surface area contributed by atoms with E-state index in [-0.39, 0.29) is 35.0 Å². The van der Waals surface area contributed by atoms with Gasteiger partial charge in [0, 0.05) is 34.7 Å². The molecule has 0 aliphatic rings. The largest absolute Gasteiger partial charge is 0.324 e. The maximum atomic E-state index is 14.2. The van der Waals surface area contributed by atoms with Crippen molar-refractivity contribution in [2.45, 2.75) is 19.4 Å². The minimum atomic E-state index is -3.11. The summed E-state index contributed by atoms with van der Waals surface area (Å²) in [5, 5.41) is 3.13. The molecule has 2 aromatic carbocycles. The lowest BCUT2D eigenvalue weighted by atomic mass is 10.0.